The van der Waals surface area contributed by atoms with Crippen LogP contribution in [0.25, 0.3) is 0 Å². The first-order valence-electron chi connectivity index (χ1n) is 4.89. The lowest BCUT2D eigenvalue weighted by atomic mass is 9.90. The highest BCUT2D eigenvalue weighted by Gasteiger charge is 2.12. The van der Waals surface area contributed by atoms with Gasteiger partial charge in [0, 0.05) is 0 Å². The van der Waals surface area contributed by atoms with Crippen LogP contribution in [0, 0.1) is 11.7 Å². The summed E-state index contributed by atoms with van der Waals surface area (Å²) in [5, 5.41) is 0. The van der Waals surface area contributed by atoms with E-state index in [9.17, 15) is 4.39 Å². The Hall–Kier alpha value is -1.05. The molecule has 14 heavy (non-hydrogen) atoms. The molecule has 0 N–H and O–H groups in total. The van der Waals surface area contributed by atoms with Crippen molar-refractivity contribution in [1.82, 2.24) is 0 Å². The van der Waals surface area contributed by atoms with Crippen molar-refractivity contribution in [3.8, 4) is 5.75 Å². The van der Waals surface area contributed by atoms with Gasteiger partial charge in [-0.05, 0) is 29.5 Å². The van der Waals surface area contributed by atoms with E-state index in [1.165, 1.54) is 13.2 Å². The Morgan fingerprint density at radius 3 is 2.36 bits per heavy atom. The predicted octanol–water partition coefficient (Wildman–Crippen LogP) is 3.59. The summed E-state index contributed by atoms with van der Waals surface area (Å²) in [4.78, 5) is 0. The Kier molecular flexibility index (Phi) is 3.50. The van der Waals surface area contributed by atoms with Crippen molar-refractivity contribution in [2.75, 3.05) is 7.11 Å². The van der Waals surface area contributed by atoms with Crippen LogP contribution in [0.1, 0.15) is 32.3 Å². The van der Waals surface area contributed by atoms with Crippen LogP contribution in [0.15, 0.2) is 18.2 Å². The van der Waals surface area contributed by atoms with Gasteiger partial charge in [-0.15, -0.1) is 0 Å². The van der Waals surface area contributed by atoms with Crippen molar-refractivity contribution < 1.29 is 9.13 Å². The smallest absolute Gasteiger partial charge is 0.165 e. The fraction of sp³-hybridized carbons (Fsp3) is 0.500. The van der Waals surface area contributed by atoms with Crippen LogP contribution in [0.3, 0.4) is 0 Å². The number of benzene rings is 1. The zero-order valence-electron chi connectivity index (χ0n) is 9.17. The average Bonchev–Trinajstić information content (AvgIpc) is 2.17. The Bertz CT molecular complexity index is 307. The van der Waals surface area contributed by atoms with Gasteiger partial charge in [0.25, 0.3) is 0 Å². The molecule has 1 aromatic carbocycles. The lowest BCUT2D eigenvalue weighted by Crippen LogP contribution is -2.02. The van der Waals surface area contributed by atoms with Crippen molar-refractivity contribution in [1.29, 1.82) is 0 Å². The van der Waals surface area contributed by atoms with Gasteiger partial charge in [-0.3, -0.25) is 0 Å². The minimum atomic E-state index is -0.299. The molecule has 0 saturated carbocycles. The molecule has 0 aromatic heterocycles. The summed E-state index contributed by atoms with van der Waals surface area (Å²) in [5.41, 5.74) is 1.12. The van der Waals surface area contributed by atoms with Crippen LogP contribution in [0.5, 0.6) is 5.75 Å². The molecule has 0 radical (unpaired) electrons. The van der Waals surface area contributed by atoms with Gasteiger partial charge in [0.15, 0.2) is 11.6 Å². The molecule has 1 aromatic rings. The lowest BCUT2D eigenvalue weighted by molar-refractivity contribution is 0.384. The molecule has 1 rings (SSSR count). The quantitative estimate of drug-likeness (QED) is 0.717. The van der Waals surface area contributed by atoms with Crippen LogP contribution in [0.4, 0.5) is 4.39 Å². The summed E-state index contributed by atoms with van der Waals surface area (Å²) in [7, 11) is 1.49. The van der Waals surface area contributed by atoms with Gasteiger partial charge >= 0.3 is 0 Å². The van der Waals surface area contributed by atoms with E-state index in [4.69, 9.17) is 4.74 Å². The van der Waals surface area contributed by atoms with Crippen LogP contribution in [-0.4, -0.2) is 7.11 Å². The number of hydrogen-bond acceptors (Lipinski definition) is 1. The highest BCUT2D eigenvalue weighted by atomic mass is 19.1. The van der Waals surface area contributed by atoms with Crippen LogP contribution in [0.2, 0.25) is 0 Å². The van der Waals surface area contributed by atoms with Crippen LogP contribution >= 0.6 is 0 Å². The average molecular weight is 196 g/mol. The maximum atomic E-state index is 13.1. The molecule has 1 unspecified atom stereocenters. The van der Waals surface area contributed by atoms with E-state index in [0.29, 0.717) is 17.6 Å². The molecule has 0 fully saturated rings. The number of halogens is 1. The molecule has 78 valence electrons. The van der Waals surface area contributed by atoms with E-state index in [2.05, 4.69) is 20.8 Å². The summed E-state index contributed by atoms with van der Waals surface area (Å²) in [5.74, 6) is 0.997. The molecule has 0 bridgehead atoms. The molecule has 2 heteroatoms. The van der Waals surface area contributed by atoms with E-state index in [1.54, 1.807) is 6.07 Å². The van der Waals surface area contributed by atoms with E-state index in [-0.39, 0.29) is 5.82 Å². The van der Waals surface area contributed by atoms with Crippen molar-refractivity contribution in [2.24, 2.45) is 5.92 Å². The number of ether oxygens (including phenoxy) is 1. The minimum absolute atomic E-state index is 0.299. The normalized spacial score (nSPS) is 13.0. The van der Waals surface area contributed by atoms with Crippen molar-refractivity contribution in [3.05, 3.63) is 29.6 Å². The second-order valence-corrected chi connectivity index (χ2v) is 3.93. The van der Waals surface area contributed by atoms with Crippen molar-refractivity contribution in [2.45, 2.75) is 26.7 Å². The number of hydrogen-bond donors (Lipinski definition) is 0. The van der Waals surface area contributed by atoms with Crippen LogP contribution < -0.4 is 4.74 Å². The standard InChI is InChI=1S/C12H17FO/c1-8(2)9(3)10-5-6-11(13)12(7-10)14-4/h5-9H,1-4H3. The van der Waals surface area contributed by atoms with Gasteiger partial charge in [0.2, 0.25) is 0 Å². The minimum Gasteiger partial charge on any atom is -0.494 e. The molecule has 0 aliphatic heterocycles. The summed E-state index contributed by atoms with van der Waals surface area (Å²) in [6.07, 6.45) is 0. The largest absolute Gasteiger partial charge is 0.494 e. The van der Waals surface area contributed by atoms with Gasteiger partial charge < -0.3 is 4.74 Å². The third-order valence-corrected chi connectivity index (χ3v) is 2.70. The third kappa shape index (κ3) is 2.25. The first-order valence-corrected chi connectivity index (χ1v) is 4.89. The van der Waals surface area contributed by atoms with Gasteiger partial charge in [-0.2, -0.15) is 0 Å². The molecule has 0 aliphatic carbocycles. The Morgan fingerprint density at radius 1 is 1.21 bits per heavy atom. The molecule has 0 heterocycles. The highest BCUT2D eigenvalue weighted by molar-refractivity contribution is 5.32. The maximum absolute atomic E-state index is 13.1. The SMILES string of the molecule is COc1cc(C(C)C(C)C)ccc1F. The Labute approximate surface area is 84.9 Å². The van der Waals surface area contributed by atoms with E-state index in [1.807, 2.05) is 6.07 Å². The fourth-order valence-corrected chi connectivity index (χ4v) is 1.34. The molecular weight excluding hydrogens is 179 g/mol. The first-order chi connectivity index (χ1) is 6.56. The van der Waals surface area contributed by atoms with Gasteiger partial charge in [-0.25, -0.2) is 4.39 Å². The third-order valence-electron chi connectivity index (χ3n) is 2.70. The zero-order chi connectivity index (χ0) is 10.7. The predicted molar refractivity (Wildman–Crippen MR) is 56.2 cm³/mol. The molecule has 1 nitrogen and oxygen atoms in total. The van der Waals surface area contributed by atoms with Crippen molar-refractivity contribution >= 4 is 0 Å². The second-order valence-electron chi connectivity index (χ2n) is 3.93. The van der Waals surface area contributed by atoms with E-state index >= 15 is 0 Å². The van der Waals surface area contributed by atoms with Gasteiger partial charge in [-0.1, -0.05) is 26.8 Å². The zero-order valence-corrected chi connectivity index (χ0v) is 9.17. The number of methoxy groups -OCH3 is 1. The van der Waals surface area contributed by atoms with E-state index < -0.39 is 0 Å². The molecule has 0 amide bonds. The highest BCUT2D eigenvalue weighted by Crippen LogP contribution is 2.28. The summed E-state index contributed by atoms with van der Waals surface area (Å²) in [6.45, 7) is 6.44. The molecule has 1 atom stereocenters. The number of rotatable bonds is 3. The molecule has 0 saturated heterocycles. The Morgan fingerprint density at radius 2 is 1.86 bits per heavy atom. The Balaban J connectivity index is 3.00. The monoisotopic (exact) mass is 196 g/mol. The fourth-order valence-electron chi connectivity index (χ4n) is 1.34. The summed E-state index contributed by atoms with van der Waals surface area (Å²) in [6, 6.07) is 5.07. The second kappa shape index (κ2) is 4.45. The first kappa shape index (κ1) is 11.0. The topological polar surface area (TPSA) is 9.23 Å². The van der Waals surface area contributed by atoms with Crippen molar-refractivity contribution in [3.63, 3.8) is 0 Å². The molecular formula is C12H17FO. The van der Waals surface area contributed by atoms with Gasteiger partial charge in [0.05, 0.1) is 7.11 Å². The maximum Gasteiger partial charge on any atom is 0.165 e. The van der Waals surface area contributed by atoms with Crippen LogP contribution in [-0.2, 0) is 0 Å². The summed E-state index contributed by atoms with van der Waals surface area (Å²) >= 11 is 0. The molecule has 0 aliphatic rings. The summed E-state index contributed by atoms with van der Waals surface area (Å²) < 4.78 is 18.1. The van der Waals surface area contributed by atoms with E-state index in [0.717, 1.165) is 5.56 Å². The molecule has 0 spiro atoms. The van der Waals surface area contributed by atoms with Gasteiger partial charge in [0.1, 0.15) is 0 Å². The lowest BCUT2D eigenvalue weighted by Gasteiger charge is -2.16.